The minimum atomic E-state index is -0.471. The third-order valence-electron chi connectivity index (χ3n) is 3.06. The highest BCUT2D eigenvalue weighted by Gasteiger charge is 2.28. The van der Waals surface area contributed by atoms with Crippen LogP contribution in [0.2, 0.25) is 0 Å². The normalized spacial score (nSPS) is 19.3. The molecule has 2 rings (SSSR count). The Morgan fingerprint density at radius 3 is 2.89 bits per heavy atom. The van der Waals surface area contributed by atoms with Crippen molar-refractivity contribution in [2.24, 2.45) is 0 Å². The van der Waals surface area contributed by atoms with Gasteiger partial charge in [-0.2, -0.15) is 0 Å². The Morgan fingerprint density at radius 1 is 1.44 bits per heavy atom. The first-order valence-corrected chi connectivity index (χ1v) is 5.95. The fourth-order valence-electron chi connectivity index (χ4n) is 1.99. The number of hydrogen-bond donors (Lipinski definition) is 1. The Hall–Kier alpha value is -2.10. The number of rotatable bonds is 1. The van der Waals surface area contributed by atoms with Crippen molar-refractivity contribution in [2.45, 2.75) is 26.4 Å². The molecule has 4 heteroatoms. The summed E-state index contributed by atoms with van der Waals surface area (Å²) in [7, 11) is 0. The number of hydrogen-bond acceptors (Lipinski definition) is 2. The Balaban J connectivity index is 2.37. The minimum absolute atomic E-state index is 0.142. The molecule has 18 heavy (non-hydrogen) atoms. The molecule has 1 atom stereocenters. The van der Waals surface area contributed by atoms with Gasteiger partial charge in [0, 0.05) is 12.2 Å². The quantitative estimate of drug-likeness (QED) is 0.767. The maximum Gasteiger partial charge on any atom is 0.247 e. The lowest BCUT2D eigenvalue weighted by atomic mass is 10.1. The van der Waals surface area contributed by atoms with E-state index in [1.54, 1.807) is 24.8 Å². The zero-order valence-corrected chi connectivity index (χ0v) is 10.5. The van der Waals surface area contributed by atoms with Crippen LogP contribution in [0.1, 0.15) is 19.4 Å². The van der Waals surface area contributed by atoms with Gasteiger partial charge < -0.3 is 10.2 Å². The van der Waals surface area contributed by atoms with Crippen molar-refractivity contribution in [1.82, 2.24) is 4.90 Å². The van der Waals surface area contributed by atoms with Gasteiger partial charge in [0.2, 0.25) is 11.8 Å². The van der Waals surface area contributed by atoms with Crippen molar-refractivity contribution in [1.29, 1.82) is 0 Å². The highest BCUT2D eigenvalue weighted by Crippen LogP contribution is 2.22. The van der Waals surface area contributed by atoms with Crippen LogP contribution < -0.4 is 5.32 Å². The maximum absolute atomic E-state index is 12.0. The lowest BCUT2D eigenvalue weighted by Crippen LogP contribution is -2.42. The van der Waals surface area contributed by atoms with E-state index in [1.165, 1.54) is 6.08 Å². The van der Waals surface area contributed by atoms with E-state index in [0.717, 1.165) is 11.3 Å². The molecule has 0 radical (unpaired) electrons. The third kappa shape index (κ3) is 2.27. The summed E-state index contributed by atoms with van der Waals surface area (Å²) in [4.78, 5) is 25.5. The summed E-state index contributed by atoms with van der Waals surface area (Å²) < 4.78 is 0. The molecule has 0 saturated heterocycles. The van der Waals surface area contributed by atoms with E-state index in [1.807, 2.05) is 24.3 Å². The zero-order chi connectivity index (χ0) is 13.1. The molecule has 1 unspecified atom stereocenters. The fraction of sp³-hybridized carbons (Fsp3) is 0.286. The lowest BCUT2D eigenvalue weighted by molar-refractivity contribution is -0.134. The van der Waals surface area contributed by atoms with Gasteiger partial charge in [0.15, 0.2) is 0 Å². The van der Waals surface area contributed by atoms with Gasteiger partial charge >= 0.3 is 0 Å². The fourth-order valence-corrected chi connectivity index (χ4v) is 1.99. The predicted molar refractivity (Wildman–Crippen MR) is 69.9 cm³/mol. The van der Waals surface area contributed by atoms with Crippen molar-refractivity contribution in [3.8, 4) is 0 Å². The second-order valence-corrected chi connectivity index (χ2v) is 4.29. The average Bonchev–Trinajstić information content (AvgIpc) is 2.48. The van der Waals surface area contributed by atoms with E-state index in [0.29, 0.717) is 6.54 Å². The molecule has 0 fully saturated rings. The summed E-state index contributed by atoms with van der Waals surface area (Å²) in [5.74, 6) is -0.297. The van der Waals surface area contributed by atoms with Gasteiger partial charge in [-0.25, -0.2) is 0 Å². The molecule has 1 N–H and O–H groups in total. The molecule has 1 aromatic rings. The lowest BCUT2D eigenvalue weighted by Gasteiger charge is -2.24. The molecule has 0 spiro atoms. The van der Waals surface area contributed by atoms with Crippen LogP contribution in [0.5, 0.6) is 0 Å². The Kier molecular flexibility index (Phi) is 3.46. The molecule has 1 aromatic carbocycles. The molecule has 94 valence electrons. The smallest absolute Gasteiger partial charge is 0.247 e. The topological polar surface area (TPSA) is 49.4 Å². The molecular formula is C14H16N2O2. The highest BCUT2D eigenvalue weighted by atomic mass is 16.2. The molecule has 0 bridgehead atoms. The second-order valence-electron chi connectivity index (χ2n) is 4.29. The van der Waals surface area contributed by atoms with Gasteiger partial charge in [0.05, 0.1) is 0 Å². The number of fused-ring (bicyclic) bond motifs is 1. The van der Waals surface area contributed by atoms with E-state index >= 15 is 0 Å². The third-order valence-corrected chi connectivity index (χ3v) is 3.06. The first-order valence-electron chi connectivity index (χ1n) is 5.95. The van der Waals surface area contributed by atoms with Gasteiger partial charge in [0.25, 0.3) is 0 Å². The molecule has 0 aromatic heterocycles. The summed E-state index contributed by atoms with van der Waals surface area (Å²) in [6.07, 6.45) is 3.17. The second kappa shape index (κ2) is 5.04. The molecule has 4 nitrogen and oxygen atoms in total. The first-order chi connectivity index (χ1) is 8.63. The summed E-state index contributed by atoms with van der Waals surface area (Å²) >= 11 is 0. The van der Waals surface area contributed by atoms with Crippen LogP contribution in [-0.4, -0.2) is 22.8 Å². The van der Waals surface area contributed by atoms with E-state index in [-0.39, 0.29) is 11.8 Å². The summed E-state index contributed by atoms with van der Waals surface area (Å²) in [5.41, 5.74) is 1.73. The number of carbonyl (C=O) groups is 2. The number of nitrogens with zero attached hydrogens (tertiary/aromatic N) is 1. The van der Waals surface area contributed by atoms with Crippen molar-refractivity contribution in [3.63, 3.8) is 0 Å². The van der Waals surface area contributed by atoms with Crippen molar-refractivity contribution >= 4 is 17.5 Å². The van der Waals surface area contributed by atoms with Crippen LogP contribution in [-0.2, 0) is 16.1 Å². The number of anilines is 1. The number of nitrogens with one attached hydrogen (secondary N) is 1. The van der Waals surface area contributed by atoms with Crippen LogP contribution in [0.3, 0.4) is 0 Å². The number of benzene rings is 1. The molecular weight excluding hydrogens is 228 g/mol. The van der Waals surface area contributed by atoms with Gasteiger partial charge in [0.1, 0.15) is 6.04 Å². The summed E-state index contributed by atoms with van der Waals surface area (Å²) in [6.45, 7) is 3.97. The zero-order valence-electron chi connectivity index (χ0n) is 10.5. The van der Waals surface area contributed by atoms with E-state index in [2.05, 4.69) is 5.32 Å². The Labute approximate surface area is 106 Å². The molecule has 0 aliphatic carbocycles. The van der Waals surface area contributed by atoms with Crippen LogP contribution in [0, 0.1) is 0 Å². The average molecular weight is 244 g/mol. The van der Waals surface area contributed by atoms with Crippen LogP contribution in [0.15, 0.2) is 36.4 Å². The SMILES string of the molecule is CC=CC(=O)N1Cc2ccccc2NC(=O)C1C. The van der Waals surface area contributed by atoms with Crippen LogP contribution in [0.25, 0.3) is 0 Å². The number of allylic oxidation sites excluding steroid dienone is 1. The summed E-state index contributed by atoms with van der Waals surface area (Å²) in [5, 5.41) is 2.84. The van der Waals surface area contributed by atoms with Crippen molar-refractivity contribution < 1.29 is 9.59 Å². The van der Waals surface area contributed by atoms with Gasteiger partial charge in [-0.3, -0.25) is 9.59 Å². The molecule has 1 aliphatic rings. The Morgan fingerprint density at radius 2 is 2.17 bits per heavy atom. The molecule has 2 amide bonds. The van der Waals surface area contributed by atoms with E-state index in [4.69, 9.17) is 0 Å². The number of para-hydroxylation sites is 1. The van der Waals surface area contributed by atoms with E-state index < -0.39 is 6.04 Å². The monoisotopic (exact) mass is 244 g/mol. The predicted octanol–water partition coefficient (Wildman–Crippen LogP) is 1.93. The minimum Gasteiger partial charge on any atom is -0.324 e. The number of carbonyl (C=O) groups excluding carboxylic acids is 2. The molecule has 0 saturated carbocycles. The Bertz CT molecular complexity index is 508. The van der Waals surface area contributed by atoms with Crippen LogP contribution in [0.4, 0.5) is 5.69 Å². The first kappa shape index (κ1) is 12.4. The van der Waals surface area contributed by atoms with Crippen molar-refractivity contribution in [3.05, 3.63) is 42.0 Å². The standard InChI is InChI=1S/C14H16N2O2/c1-3-6-13(17)16-9-11-7-4-5-8-12(11)15-14(18)10(16)2/h3-8,10H,9H2,1-2H3,(H,15,18). The maximum atomic E-state index is 12.0. The molecule has 1 aliphatic heterocycles. The van der Waals surface area contributed by atoms with Crippen molar-refractivity contribution in [2.75, 3.05) is 5.32 Å². The molecule has 1 heterocycles. The highest BCUT2D eigenvalue weighted by molar-refractivity contribution is 6.00. The number of amides is 2. The van der Waals surface area contributed by atoms with Crippen LogP contribution >= 0.6 is 0 Å². The van der Waals surface area contributed by atoms with Gasteiger partial charge in [-0.15, -0.1) is 0 Å². The van der Waals surface area contributed by atoms with Gasteiger partial charge in [-0.1, -0.05) is 24.3 Å². The largest absolute Gasteiger partial charge is 0.324 e. The summed E-state index contributed by atoms with van der Waals surface area (Å²) in [6, 6.07) is 7.07. The van der Waals surface area contributed by atoms with Gasteiger partial charge in [-0.05, 0) is 31.6 Å². The van der Waals surface area contributed by atoms with E-state index in [9.17, 15) is 9.59 Å².